The fourth-order valence-electron chi connectivity index (χ4n) is 1.46. The molecular formula is C12H18F2N4O. The molecule has 0 unspecified atom stereocenters. The topological polar surface area (TPSA) is 57.3 Å². The Bertz CT molecular complexity index is 454. The summed E-state index contributed by atoms with van der Waals surface area (Å²) in [5, 5.41) is 5.20. The lowest BCUT2D eigenvalue weighted by atomic mass is 10.3. The fraction of sp³-hybridized carbons (Fsp3) is 0.500. The fourth-order valence-corrected chi connectivity index (χ4v) is 1.46. The first kappa shape index (κ1) is 15.1. The Hall–Kier alpha value is -1.92. The standard InChI is InChI=1S/C12H18F2N4O/c1-4-5-16-11-8(13)6-9(14)12(17-11)18(3)7-10(19)15-2/h6H,4-5,7H2,1-3H3,(H,15,19)(H,16,17). The smallest absolute Gasteiger partial charge is 0.239 e. The lowest BCUT2D eigenvalue weighted by Crippen LogP contribution is -2.34. The molecule has 0 bridgehead atoms. The third-order valence-corrected chi connectivity index (χ3v) is 2.47. The van der Waals surface area contributed by atoms with Crippen LogP contribution in [0.1, 0.15) is 13.3 Å². The van der Waals surface area contributed by atoms with Crippen LogP contribution in [-0.4, -0.2) is 38.1 Å². The third-order valence-electron chi connectivity index (χ3n) is 2.47. The predicted molar refractivity (Wildman–Crippen MR) is 70.3 cm³/mol. The second kappa shape index (κ2) is 6.86. The number of amides is 1. The summed E-state index contributed by atoms with van der Waals surface area (Å²) in [7, 11) is 3.00. The van der Waals surface area contributed by atoms with Gasteiger partial charge in [-0.25, -0.2) is 13.8 Å². The number of aromatic nitrogens is 1. The molecule has 0 spiro atoms. The molecule has 0 aromatic carbocycles. The summed E-state index contributed by atoms with van der Waals surface area (Å²) in [6, 6.07) is 0.765. The zero-order chi connectivity index (χ0) is 14.4. The molecule has 0 aliphatic rings. The van der Waals surface area contributed by atoms with Crippen LogP contribution in [0.15, 0.2) is 6.07 Å². The van der Waals surface area contributed by atoms with Crippen molar-refractivity contribution in [1.82, 2.24) is 10.3 Å². The van der Waals surface area contributed by atoms with Crippen molar-refractivity contribution in [1.29, 1.82) is 0 Å². The van der Waals surface area contributed by atoms with E-state index < -0.39 is 11.6 Å². The van der Waals surface area contributed by atoms with Crippen molar-refractivity contribution < 1.29 is 13.6 Å². The van der Waals surface area contributed by atoms with Crippen LogP contribution < -0.4 is 15.5 Å². The highest BCUT2D eigenvalue weighted by Gasteiger charge is 2.16. The van der Waals surface area contributed by atoms with Crippen LogP contribution in [0.25, 0.3) is 0 Å². The van der Waals surface area contributed by atoms with Gasteiger partial charge in [0.1, 0.15) is 0 Å². The van der Waals surface area contributed by atoms with Crippen LogP contribution in [0.3, 0.4) is 0 Å². The number of anilines is 2. The molecule has 1 aromatic heterocycles. The highest BCUT2D eigenvalue weighted by Crippen LogP contribution is 2.21. The molecule has 1 amide bonds. The lowest BCUT2D eigenvalue weighted by molar-refractivity contribution is -0.119. The largest absolute Gasteiger partial charge is 0.368 e. The maximum atomic E-state index is 13.7. The van der Waals surface area contributed by atoms with Crippen LogP contribution in [0, 0.1) is 11.6 Å². The Labute approximate surface area is 111 Å². The molecule has 1 aromatic rings. The number of nitrogens with one attached hydrogen (secondary N) is 2. The summed E-state index contributed by atoms with van der Waals surface area (Å²) in [6.45, 7) is 2.40. The molecule has 1 rings (SSSR count). The number of pyridine rings is 1. The Morgan fingerprint density at radius 1 is 1.42 bits per heavy atom. The molecule has 0 radical (unpaired) electrons. The zero-order valence-corrected chi connectivity index (χ0v) is 11.3. The van der Waals surface area contributed by atoms with E-state index in [1.807, 2.05) is 6.92 Å². The Balaban J connectivity index is 2.96. The highest BCUT2D eigenvalue weighted by molar-refractivity contribution is 5.80. The number of likely N-dealkylation sites (N-methyl/N-ethyl adjacent to an activating group) is 2. The molecular weight excluding hydrogens is 254 g/mol. The Morgan fingerprint density at radius 2 is 2.11 bits per heavy atom. The molecule has 0 fully saturated rings. The quantitative estimate of drug-likeness (QED) is 0.821. The van der Waals surface area contributed by atoms with Gasteiger partial charge in [0.05, 0.1) is 6.54 Å². The van der Waals surface area contributed by atoms with Gasteiger partial charge in [-0.2, -0.15) is 0 Å². The molecule has 0 aliphatic heterocycles. The van der Waals surface area contributed by atoms with E-state index in [-0.39, 0.29) is 24.1 Å². The predicted octanol–water partition coefficient (Wildman–Crippen LogP) is 1.36. The van der Waals surface area contributed by atoms with E-state index >= 15 is 0 Å². The van der Waals surface area contributed by atoms with Crippen molar-refractivity contribution in [2.24, 2.45) is 0 Å². The maximum absolute atomic E-state index is 13.7. The monoisotopic (exact) mass is 272 g/mol. The van der Waals surface area contributed by atoms with Gasteiger partial charge in [-0.3, -0.25) is 4.79 Å². The molecule has 7 heteroatoms. The van der Waals surface area contributed by atoms with E-state index in [0.29, 0.717) is 6.54 Å². The van der Waals surface area contributed by atoms with E-state index in [2.05, 4.69) is 15.6 Å². The van der Waals surface area contributed by atoms with Crippen molar-refractivity contribution in [2.75, 3.05) is 37.4 Å². The third kappa shape index (κ3) is 4.04. The van der Waals surface area contributed by atoms with Crippen LogP contribution >= 0.6 is 0 Å². The molecule has 0 saturated heterocycles. The lowest BCUT2D eigenvalue weighted by Gasteiger charge is -2.19. The van der Waals surface area contributed by atoms with Crippen molar-refractivity contribution in [3.8, 4) is 0 Å². The van der Waals surface area contributed by atoms with Gasteiger partial charge in [-0.05, 0) is 6.42 Å². The van der Waals surface area contributed by atoms with Crippen molar-refractivity contribution >= 4 is 17.5 Å². The summed E-state index contributed by atoms with van der Waals surface area (Å²) in [5.41, 5.74) is 0. The first-order valence-electron chi connectivity index (χ1n) is 6.01. The normalized spacial score (nSPS) is 10.2. The van der Waals surface area contributed by atoms with Crippen LogP contribution in [-0.2, 0) is 4.79 Å². The summed E-state index contributed by atoms with van der Waals surface area (Å²) in [4.78, 5) is 16.4. The SMILES string of the molecule is CCCNc1nc(N(C)CC(=O)NC)c(F)cc1F. The average molecular weight is 272 g/mol. The van der Waals surface area contributed by atoms with Gasteiger partial charge in [0.25, 0.3) is 0 Å². The van der Waals surface area contributed by atoms with Crippen LogP contribution in [0.2, 0.25) is 0 Å². The molecule has 0 atom stereocenters. The molecule has 0 aliphatic carbocycles. The van der Waals surface area contributed by atoms with E-state index in [0.717, 1.165) is 12.5 Å². The Kier molecular flexibility index (Phi) is 5.47. The van der Waals surface area contributed by atoms with Gasteiger partial charge >= 0.3 is 0 Å². The van der Waals surface area contributed by atoms with Crippen LogP contribution in [0.4, 0.5) is 20.4 Å². The number of nitrogens with zero attached hydrogens (tertiary/aromatic N) is 2. The number of rotatable bonds is 6. The summed E-state index contributed by atoms with van der Waals surface area (Å²) in [6.07, 6.45) is 0.794. The van der Waals surface area contributed by atoms with Gasteiger partial charge < -0.3 is 15.5 Å². The molecule has 1 heterocycles. The number of halogens is 2. The van der Waals surface area contributed by atoms with E-state index in [4.69, 9.17) is 0 Å². The zero-order valence-electron chi connectivity index (χ0n) is 11.3. The molecule has 5 nitrogen and oxygen atoms in total. The summed E-state index contributed by atoms with van der Waals surface area (Å²) in [5.74, 6) is -1.91. The van der Waals surface area contributed by atoms with Gasteiger partial charge in [0.15, 0.2) is 23.3 Å². The molecule has 2 N–H and O–H groups in total. The van der Waals surface area contributed by atoms with Gasteiger partial charge in [0, 0.05) is 26.7 Å². The van der Waals surface area contributed by atoms with E-state index in [9.17, 15) is 13.6 Å². The molecule has 19 heavy (non-hydrogen) atoms. The van der Waals surface area contributed by atoms with Gasteiger partial charge in [0.2, 0.25) is 5.91 Å². The van der Waals surface area contributed by atoms with Gasteiger partial charge in [-0.1, -0.05) is 6.92 Å². The second-order valence-corrected chi connectivity index (χ2v) is 4.08. The van der Waals surface area contributed by atoms with Crippen LogP contribution in [0.5, 0.6) is 0 Å². The average Bonchev–Trinajstić information content (AvgIpc) is 2.37. The van der Waals surface area contributed by atoms with Crippen molar-refractivity contribution in [3.63, 3.8) is 0 Å². The number of hydrogen-bond acceptors (Lipinski definition) is 4. The maximum Gasteiger partial charge on any atom is 0.239 e. The number of hydrogen-bond donors (Lipinski definition) is 2. The first-order valence-corrected chi connectivity index (χ1v) is 6.01. The van der Waals surface area contributed by atoms with E-state index in [1.165, 1.54) is 19.0 Å². The first-order chi connectivity index (χ1) is 8.99. The van der Waals surface area contributed by atoms with Crippen molar-refractivity contribution in [2.45, 2.75) is 13.3 Å². The second-order valence-electron chi connectivity index (χ2n) is 4.08. The minimum Gasteiger partial charge on any atom is -0.368 e. The Morgan fingerprint density at radius 3 is 2.68 bits per heavy atom. The van der Waals surface area contributed by atoms with E-state index in [1.54, 1.807) is 0 Å². The summed E-state index contributed by atoms with van der Waals surface area (Å²) < 4.78 is 27.1. The highest BCUT2D eigenvalue weighted by atomic mass is 19.1. The van der Waals surface area contributed by atoms with Gasteiger partial charge in [-0.15, -0.1) is 0 Å². The van der Waals surface area contributed by atoms with Crippen molar-refractivity contribution in [3.05, 3.63) is 17.7 Å². The molecule has 106 valence electrons. The minimum atomic E-state index is -0.800. The minimum absolute atomic E-state index is 0.0120. The number of carbonyl (C=O) groups excluding carboxylic acids is 1. The molecule has 0 saturated carbocycles. The number of carbonyl (C=O) groups is 1. The summed E-state index contributed by atoms with van der Waals surface area (Å²) >= 11 is 0.